The molecule has 4 heteroatoms. The summed E-state index contributed by atoms with van der Waals surface area (Å²) in [6.45, 7) is 9.71. The molecule has 0 aromatic carbocycles. The van der Waals surface area contributed by atoms with Gasteiger partial charge in [0.2, 0.25) is 0 Å². The molecule has 0 aliphatic carbocycles. The summed E-state index contributed by atoms with van der Waals surface area (Å²) in [5.74, 6) is -1.09. The fourth-order valence-electron chi connectivity index (χ4n) is 2.30. The zero-order chi connectivity index (χ0) is 19.9. The van der Waals surface area contributed by atoms with Gasteiger partial charge >= 0.3 is 11.9 Å². The van der Waals surface area contributed by atoms with Crippen molar-refractivity contribution in [2.75, 3.05) is 6.61 Å². The first kappa shape index (κ1) is 23.9. The van der Waals surface area contributed by atoms with Gasteiger partial charge in [-0.1, -0.05) is 34.9 Å². The molecule has 0 aliphatic heterocycles. The van der Waals surface area contributed by atoms with E-state index >= 15 is 0 Å². The van der Waals surface area contributed by atoms with E-state index in [9.17, 15) is 9.59 Å². The third-order valence-corrected chi connectivity index (χ3v) is 4.11. The van der Waals surface area contributed by atoms with E-state index in [1.165, 1.54) is 23.6 Å². The number of hydrogen-bond acceptors (Lipinski definition) is 3. The minimum Gasteiger partial charge on any atom is -0.478 e. The van der Waals surface area contributed by atoms with Crippen LogP contribution in [0.1, 0.15) is 73.1 Å². The second kappa shape index (κ2) is 14.1. The van der Waals surface area contributed by atoms with Crippen LogP contribution in [0.25, 0.3) is 0 Å². The molecule has 26 heavy (non-hydrogen) atoms. The lowest BCUT2D eigenvalue weighted by atomic mass is 10.0. The molecular weight excluding hydrogens is 328 g/mol. The number of rotatable bonds is 12. The fourth-order valence-corrected chi connectivity index (χ4v) is 2.30. The minimum absolute atomic E-state index is 0.249. The first-order chi connectivity index (χ1) is 12.2. The Labute approximate surface area is 158 Å². The van der Waals surface area contributed by atoms with Crippen LogP contribution in [0.2, 0.25) is 0 Å². The van der Waals surface area contributed by atoms with E-state index < -0.39 is 5.97 Å². The molecule has 0 saturated carbocycles. The number of ether oxygens (including phenoxy) is 1. The molecule has 0 bridgehead atoms. The lowest BCUT2D eigenvalue weighted by Gasteiger charge is -2.03. The van der Waals surface area contributed by atoms with Crippen LogP contribution < -0.4 is 0 Å². The highest BCUT2D eigenvalue weighted by Gasteiger charge is 1.98. The Morgan fingerprint density at radius 1 is 0.731 bits per heavy atom. The molecule has 0 heterocycles. The van der Waals surface area contributed by atoms with Crippen molar-refractivity contribution in [3.8, 4) is 0 Å². The Morgan fingerprint density at radius 3 is 1.58 bits per heavy atom. The molecule has 0 rings (SSSR count). The predicted octanol–water partition coefficient (Wildman–Crippen LogP) is 5.76. The largest absolute Gasteiger partial charge is 0.478 e. The van der Waals surface area contributed by atoms with Gasteiger partial charge in [-0.05, 0) is 72.3 Å². The summed E-state index contributed by atoms with van der Waals surface area (Å²) in [4.78, 5) is 21.4. The number of allylic oxidation sites excluding steroid dienone is 6. The standard InChI is InChI=1S/C22H34O4/c1-17(11-7-12-19(3)15-16-26-21(5)23)9-6-10-18(2)13-8-14-20(4)22(24)25/h10-11,14-15H,6-9,12-13,16H2,1-5H3,(H,24,25). The van der Waals surface area contributed by atoms with Gasteiger partial charge in [0, 0.05) is 12.5 Å². The van der Waals surface area contributed by atoms with Gasteiger partial charge in [-0.15, -0.1) is 0 Å². The average Bonchev–Trinajstić information content (AvgIpc) is 2.54. The smallest absolute Gasteiger partial charge is 0.330 e. The summed E-state index contributed by atoms with van der Waals surface area (Å²) in [6, 6.07) is 0. The number of carbonyl (C=O) groups is 2. The summed E-state index contributed by atoms with van der Waals surface area (Å²) in [6.07, 6.45) is 13.9. The van der Waals surface area contributed by atoms with Gasteiger partial charge in [-0.25, -0.2) is 4.79 Å². The lowest BCUT2D eigenvalue weighted by molar-refractivity contribution is -0.139. The van der Waals surface area contributed by atoms with Crippen molar-refractivity contribution in [1.29, 1.82) is 0 Å². The quantitative estimate of drug-likeness (QED) is 0.272. The summed E-state index contributed by atoms with van der Waals surface area (Å²) in [5, 5.41) is 8.81. The highest BCUT2D eigenvalue weighted by molar-refractivity contribution is 5.85. The fraction of sp³-hybridized carbons (Fsp3) is 0.545. The molecular formula is C22H34O4. The van der Waals surface area contributed by atoms with Crippen molar-refractivity contribution in [2.24, 2.45) is 0 Å². The number of hydrogen-bond donors (Lipinski definition) is 1. The molecule has 0 unspecified atom stereocenters. The van der Waals surface area contributed by atoms with Crippen LogP contribution in [0.5, 0.6) is 0 Å². The Balaban J connectivity index is 4.07. The Bertz CT molecular complexity index is 577. The van der Waals surface area contributed by atoms with Gasteiger partial charge in [-0.3, -0.25) is 4.79 Å². The summed E-state index contributed by atoms with van der Waals surface area (Å²) in [5.41, 5.74) is 4.32. The van der Waals surface area contributed by atoms with Crippen molar-refractivity contribution in [3.63, 3.8) is 0 Å². The van der Waals surface area contributed by atoms with Crippen LogP contribution in [0, 0.1) is 0 Å². The van der Waals surface area contributed by atoms with Gasteiger partial charge in [0.05, 0.1) is 0 Å². The molecule has 0 aliphatic rings. The summed E-state index contributed by atoms with van der Waals surface area (Å²) < 4.78 is 4.90. The number of carboxylic acids is 1. The molecule has 0 aromatic heterocycles. The van der Waals surface area contributed by atoms with Crippen LogP contribution in [0.15, 0.2) is 46.6 Å². The molecule has 1 N–H and O–H groups in total. The maximum Gasteiger partial charge on any atom is 0.330 e. The molecule has 4 nitrogen and oxygen atoms in total. The maximum absolute atomic E-state index is 10.7. The normalized spacial score (nSPS) is 13.7. The van der Waals surface area contributed by atoms with Crippen molar-refractivity contribution < 1.29 is 19.4 Å². The number of carbonyl (C=O) groups excluding carboxylic acids is 1. The highest BCUT2D eigenvalue weighted by Crippen LogP contribution is 2.13. The molecule has 0 spiro atoms. The van der Waals surface area contributed by atoms with E-state index in [1.54, 1.807) is 13.0 Å². The number of aliphatic carboxylic acids is 1. The predicted molar refractivity (Wildman–Crippen MR) is 107 cm³/mol. The Kier molecular flexibility index (Phi) is 13.0. The molecule has 0 aromatic rings. The van der Waals surface area contributed by atoms with Crippen LogP contribution in [-0.2, 0) is 14.3 Å². The van der Waals surface area contributed by atoms with Crippen LogP contribution in [-0.4, -0.2) is 23.7 Å². The first-order valence-electron chi connectivity index (χ1n) is 9.22. The zero-order valence-corrected chi connectivity index (χ0v) is 16.9. The van der Waals surface area contributed by atoms with Crippen molar-refractivity contribution >= 4 is 11.9 Å². The monoisotopic (exact) mass is 362 g/mol. The van der Waals surface area contributed by atoms with E-state index in [4.69, 9.17) is 9.84 Å². The van der Waals surface area contributed by atoms with Crippen molar-refractivity contribution in [2.45, 2.75) is 73.1 Å². The van der Waals surface area contributed by atoms with Gasteiger partial charge in [0.25, 0.3) is 0 Å². The second-order valence-corrected chi connectivity index (χ2v) is 6.76. The molecule has 0 saturated heterocycles. The third kappa shape index (κ3) is 14.3. The SMILES string of the molecule is CC(=O)OCC=C(C)CCC=C(C)CCC=C(C)CCC=C(C)C(=O)O. The molecule has 0 fully saturated rings. The van der Waals surface area contributed by atoms with E-state index in [0.29, 0.717) is 12.2 Å². The number of carboxylic acid groups (broad SMARTS) is 1. The minimum atomic E-state index is -0.844. The topological polar surface area (TPSA) is 63.6 Å². The molecule has 0 radical (unpaired) electrons. The van der Waals surface area contributed by atoms with Crippen molar-refractivity contribution in [3.05, 3.63) is 46.6 Å². The average molecular weight is 363 g/mol. The van der Waals surface area contributed by atoms with E-state index in [-0.39, 0.29) is 5.97 Å². The first-order valence-corrected chi connectivity index (χ1v) is 9.22. The maximum atomic E-state index is 10.7. The molecule has 0 atom stereocenters. The van der Waals surface area contributed by atoms with Crippen molar-refractivity contribution in [1.82, 2.24) is 0 Å². The van der Waals surface area contributed by atoms with Gasteiger partial charge in [0.15, 0.2) is 0 Å². The summed E-state index contributed by atoms with van der Waals surface area (Å²) in [7, 11) is 0. The molecule has 146 valence electrons. The highest BCUT2D eigenvalue weighted by atomic mass is 16.5. The van der Waals surface area contributed by atoms with Gasteiger partial charge < -0.3 is 9.84 Å². The van der Waals surface area contributed by atoms with Gasteiger partial charge in [-0.2, -0.15) is 0 Å². The van der Waals surface area contributed by atoms with E-state index in [1.807, 2.05) is 6.08 Å². The lowest BCUT2D eigenvalue weighted by Crippen LogP contribution is -1.98. The number of esters is 1. The molecule has 0 amide bonds. The second-order valence-electron chi connectivity index (χ2n) is 6.76. The Morgan fingerprint density at radius 2 is 1.15 bits per heavy atom. The summed E-state index contributed by atoms with van der Waals surface area (Å²) >= 11 is 0. The Hall–Kier alpha value is -2.10. The van der Waals surface area contributed by atoms with E-state index in [2.05, 4.69) is 32.9 Å². The van der Waals surface area contributed by atoms with E-state index in [0.717, 1.165) is 38.5 Å². The van der Waals surface area contributed by atoms with Crippen LogP contribution >= 0.6 is 0 Å². The van der Waals surface area contributed by atoms with Gasteiger partial charge in [0.1, 0.15) is 6.61 Å². The zero-order valence-electron chi connectivity index (χ0n) is 16.9. The van der Waals surface area contributed by atoms with Crippen LogP contribution in [0.4, 0.5) is 0 Å². The third-order valence-electron chi connectivity index (χ3n) is 4.11. The van der Waals surface area contributed by atoms with Crippen LogP contribution in [0.3, 0.4) is 0 Å².